The molecule has 4 aromatic rings. The first kappa shape index (κ1) is 18.9. The van der Waals surface area contributed by atoms with Crippen molar-refractivity contribution in [2.75, 3.05) is 6.54 Å². The fraction of sp³-hybridized carbons (Fsp3) is 0.318. The highest BCUT2D eigenvalue weighted by molar-refractivity contribution is 6.31. The lowest BCUT2D eigenvalue weighted by Gasteiger charge is -2.19. The minimum absolute atomic E-state index is 0.0926. The molecule has 0 saturated heterocycles. The number of amides is 1. The summed E-state index contributed by atoms with van der Waals surface area (Å²) >= 11 is 6.06. The molecule has 154 valence electrons. The van der Waals surface area contributed by atoms with Gasteiger partial charge in [-0.3, -0.25) is 9.36 Å². The number of benzene rings is 2. The molecule has 0 radical (unpaired) electrons. The van der Waals surface area contributed by atoms with E-state index in [-0.39, 0.29) is 12.5 Å². The van der Waals surface area contributed by atoms with E-state index in [1.54, 1.807) is 23.1 Å². The van der Waals surface area contributed by atoms with E-state index in [0.717, 1.165) is 29.8 Å². The van der Waals surface area contributed by atoms with Crippen LogP contribution in [0.2, 0.25) is 5.02 Å². The van der Waals surface area contributed by atoms with E-state index in [4.69, 9.17) is 21.0 Å². The summed E-state index contributed by atoms with van der Waals surface area (Å²) in [5.74, 6) is 0.162. The molecule has 0 N–H and O–H groups in total. The average Bonchev–Trinajstić information content (AvgIpc) is 3.08. The van der Waals surface area contributed by atoms with Crippen molar-refractivity contribution in [2.24, 2.45) is 0 Å². The lowest BCUT2D eigenvalue weighted by Crippen LogP contribution is -2.35. The van der Waals surface area contributed by atoms with Gasteiger partial charge in [0.2, 0.25) is 5.91 Å². The summed E-state index contributed by atoms with van der Waals surface area (Å²) in [6, 6.07) is 9.19. The summed E-state index contributed by atoms with van der Waals surface area (Å²) < 4.78 is 8.79. The molecule has 1 aliphatic heterocycles. The highest BCUT2D eigenvalue weighted by Gasteiger charge is 2.24. The average molecular weight is 425 g/mol. The van der Waals surface area contributed by atoms with Gasteiger partial charge in [0.15, 0.2) is 5.58 Å². The zero-order chi connectivity index (χ0) is 21.0. The second-order valence-corrected chi connectivity index (χ2v) is 8.28. The predicted molar refractivity (Wildman–Crippen MR) is 115 cm³/mol. The van der Waals surface area contributed by atoms with Crippen LogP contribution in [0.15, 0.2) is 39.5 Å². The number of aromatic nitrogens is 3. The molecule has 0 saturated carbocycles. The number of oxazole rings is 1. The molecule has 2 aromatic carbocycles. The van der Waals surface area contributed by atoms with Gasteiger partial charge in [0, 0.05) is 18.1 Å². The number of hydrogen-bond donors (Lipinski definition) is 0. The number of nitrogens with zero attached hydrogens (tertiary/aromatic N) is 4. The summed E-state index contributed by atoms with van der Waals surface area (Å²) in [7, 11) is 0. The van der Waals surface area contributed by atoms with E-state index in [9.17, 15) is 9.59 Å². The van der Waals surface area contributed by atoms with Crippen LogP contribution in [0.25, 0.3) is 22.1 Å². The first-order chi connectivity index (χ1) is 14.4. The molecule has 5 rings (SSSR count). The van der Waals surface area contributed by atoms with Crippen LogP contribution in [0.3, 0.4) is 0 Å². The number of hydrogen-bond acceptors (Lipinski definition) is 4. The summed E-state index contributed by atoms with van der Waals surface area (Å²) in [6.45, 7) is 5.92. The minimum atomic E-state index is -0.561. The van der Waals surface area contributed by atoms with E-state index in [0.29, 0.717) is 29.2 Å². The van der Waals surface area contributed by atoms with Gasteiger partial charge < -0.3 is 13.9 Å². The van der Waals surface area contributed by atoms with Crippen molar-refractivity contribution in [3.05, 3.63) is 62.9 Å². The van der Waals surface area contributed by atoms with Crippen molar-refractivity contribution >= 4 is 39.6 Å². The van der Waals surface area contributed by atoms with Gasteiger partial charge >= 0.3 is 5.76 Å². The van der Waals surface area contributed by atoms with Gasteiger partial charge in [-0.2, -0.15) is 0 Å². The van der Waals surface area contributed by atoms with Crippen LogP contribution in [0.4, 0.5) is 0 Å². The van der Waals surface area contributed by atoms with Crippen LogP contribution in [0, 0.1) is 13.8 Å². The largest absolute Gasteiger partial charge is 0.420 e. The molecule has 1 aliphatic rings. The molecule has 30 heavy (non-hydrogen) atoms. The molecule has 3 heterocycles. The third-order valence-corrected chi connectivity index (χ3v) is 6.10. The van der Waals surface area contributed by atoms with Gasteiger partial charge in [0.05, 0.1) is 23.1 Å². The highest BCUT2D eigenvalue weighted by atomic mass is 35.5. The van der Waals surface area contributed by atoms with E-state index in [2.05, 4.69) is 30.5 Å². The van der Waals surface area contributed by atoms with Gasteiger partial charge in [0.1, 0.15) is 12.4 Å². The first-order valence-electron chi connectivity index (χ1n) is 9.94. The fourth-order valence-electron chi connectivity index (χ4n) is 4.10. The Morgan fingerprint density at radius 1 is 1.13 bits per heavy atom. The normalized spacial score (nSPS) is 14.3. The van der Waals surface area contributed by atoms with Gasteiger partial charge in [0.25, 0.3) is 0 Å². The zero-order valence-electron chi connectivity index (χ0n) is 16.8. The second kappa shape index (κ2) is 7.02. The quantitative estimate of drug-likeness (QED) is 0.492. The number of aryl methyl sites for hydroxylation is 3. The van der Waals surface area contributed by atoms with E-state index < -0.39 is 5.76 Å². The third kappa shape index (κ3) is 3.10. The lowest BCUT2D eigenvalue weighted by molar-refractivity contribution is -0.132. The lowest BCUT2D eigenvalue weighted by atomic mass is 10.1. The number of carbonyl (C=O) groups excluding carboxylic acids is 1. The number of carbonyl (C=O) groups is 1. The number of halogens is 1. The van der Waals surface area contributed by atoms with E-state index >= 15 is 0 Å². The van der Waals surface area contributed by atoms with E-state index in [1.807, 2.05) is 0 Å². The van der Waals surface area contributed by atoms with Gasteiger partial charge in [-0.05, 0) is 61.7 Å². The standard InChI is InChI=1S/C22H21ClN4O3/c1-13-8-16-17(9-14(13)2)26-7-3-6-25(11-20(26)24-16)21(28)12-27-18-10-15(23)4-5-19(18)30-22(27)29/h4-5,8-10H,3,6-7,11-12H2,1-2H3. The molecule has 0 aliphatic carbocycles. The van der Waals surface area contributed by atoms with Gasteiger partial charge in [-0.25, -0.2) is 9.78 Å². The summed E-state index contributed by atoms with van der Waals surface area (Å²) in [5.41, 5.74) is 5.43. The van der Waals surface area contributed by atoms with Crippen molar-refractivity contribution in [2.45, 2.75) is 39.9 Å². The molecular weight excluding hydrogens is 404 g/mol. The monoisotopic (exact) mass is 424 g/mol. The van der Waals surface area contributed by atoms with Crippen LogP contribution in [0.5, 0.6) is 0 Å². The highest BCUT2D eigenvalue weighted by Crippen LogP contribution is 2.24. The van der Waals surface area contributed by atoms with Crippen LogP contribution in [0.1, 0.15) is 23.4 Å². The maximum Gasteiger partial charge on any atom is 0.420 e. The summed E-state index contributed by atoms with van der Waals surface area (Å²) in [4.78, 5) is 31.9. The maximum atomic E-state index is 13.1. The molecule has 0 bridgehead atoms. The Kier molecular flexibility index (Phi) is 4.43. The Morgan fingerprint density at radius 3 is 2.77 bits per heavy atom. The van der Waals surface area contributed by atoms with Crippen molar-refractivity contribution in [1.29, 1.82) is 0 Å². The Bertz CT molecular complexity index is 1360. The molecule has 2 aromatic heterocycles. The van der Waals surface area contributed by atoms with E-state index in [1.165, 1.54) is 15.7 Å². The SMILES string of the molecule is Cc1cc2nc3n(c2cc1C)CCCN(C(=O)Cn1c(=O)oc2ccc(Cl)cc21)C3. The molecule has 7 nitrogen and oxygen atoms in total. The summed E-state index contributed by atoms with van der Waals surface area (Å²) in [5, 5.41) is 0.485. The Morgan fingerprint density at radius 2 is 1.93 bits per heavy atom. The maximum absolute atomic E-state index is 13.1. The molecule has 0 atom stereocenters. The fourth-order valence-corrected chi connectivity index (χ4v) is 4.27. The number of imidazole rings is 1. The molecule has 0 spiro atoms. The molecule has 0 fully saturated rings. The molecule has 8 heteroatoms. The molecular formula is C22H21ClN4O3. The van der Waals surface area contributed by atoms with Crippen LogP contribution in [-0.4, -0.2) is 31.5 Å². The van der Waals surface area contributed by atoms with Crippen molar-refractivity contribution in [3.63, 3.8) is 0 Å². The zero-order valence-corrected chi connectivity index (χ0v) is 17.6. The smallest absolute Gasteiger partial charge is 0.408 e. The molecule has 1 amide bonds. The van der Waals surface area contributed by atoms with Gasteiger partial charge in [-0.15, -0.1) is 0 Å². The Labute approximate surface area is 177 Å². The van der Waals surface area contributed by atoms with Crippen molar-refractivity contribution < 1.29 is 9.21 Å². The third-order valence-electron chi connectivity index (χ3n) is 5.86. The number of rotatable bonds is 2. The minimum Gasteiger partial charge on any atom is -0.408 e. The van der Waals surface area contributed by atoms with Crippen molar-refractivity contribution in [3.8, 4) is 0 Å². The van der Waals surface area contributed by atoms with Crippen LogP contribution < -0.4 is 5.76 Å². The predicted octanol–water partition coefficient (Wildman–Crippen LogP) is 3.65. The van der Waals surface area contributed by atoms with Crippen LogP contribution >= 0.6 is 11.6 Å². The molecule has 0 unspecified atom stereocenters. The first-order valence-corrected chi connectivity index (χ1v) is 10.3. The van der Waals surface area contributed by atoms with Crippen LogP contribution in [-0.2, 0) is 24.4 Å². The van der Waals surface area contributed by atoms with Gasteiger partial charge in [-0.1, -0.05) is 11.6 Å². The number of fused-ring (bicyclic) bond motifs is 4. The summed E-state index contributed by atoms with van der Waals surface area (Å²) in [6.07, 6.45) is 0.823. The van der Waals surface area contributed by atoms with Crippen molar-refractivity contribution in [1.82, 2.24) is 19.0 Å². The topological polar surface area (TPSA) is 73.3 Å². The Balaban J connectivity index is 1.46. The Hall–Kier alpha value is -3.06. The second-order valence-electron chi connectivity index (χ2n) is 7.84.